The van der Waals surface area contributed by atoms with E-state index in [2.05, 4.69) is 4.98 Å². The summed E-state index contributed by atoms with van der Waals surface area (Å²) in [4.78, 5) is 3.31. The van der Waals surface area contributed by atoms with Crippen molar-refractivity contribution in [3.8, 4) is 6.19 Å². The van der Waals surface area contributed by atoms with Gasteiger partial charge < -0.3 is 5.21 Å². The molecule has 0 aliphatic rings. The number of pyridine rings is 1. The normalized spacial score (nSPS) is 13.9. The summed E-state index contributed by atoms with van der Waals surface area (Å²) >= 11 is 0. The number of halogens is 3. The molecule has 98 valence electrons. The largest absolute Gasteiger partial charge is 0.634 e. The van der Waals surface area contributed by atoms with Crippen LogP contribution in [0.1, 0.15) is 11.3 Å². The molecule has 0 aromatic carbocycles. The number of hydrogen-bond donors (Lipinski definition) is 0. The predicted molar refractivity (Wildman–Crippen MR) is 60.3 cm³/mol. The minimum atomic E-state index is -4.44. The quantitative estimate of drug-likeness (QED) is 0.368. The Bertz CT molecular complexity index is 491. The van der Waals surface area contributed by atoms with Crippen molar-refractivity contribution in [2.24, 2.45) is 0 Å². The summed E-state index contributed by atoms with van der Waals surface area (Å²) in [6.45, 7) is 0. The summed E-state index contributed by atoms with van der Waals surface area (Å²) in [7, 11) is -0.771. The molecule has 1 heterocycles. The molecule has 8 heteroatoms. The van der Waals surface area contributed by atoms with Gasteiger partial charge in [0.25, 0.3) is 0 Å². The van der Waals surface area contributed by atoms with Crippen molar-refractivity contribution in [3.63, 3.8) is 0 Å². The Kier molecular flexibility index (Phi) is 4.81. The average Bonchev–Trinajstić information content (AvgIpc) is 2.34. The van der Waals surface area contributed by atoms with Gasteiger partial charge in [-0.25, -0.2) is 0 Å². The van der Waals surface area contributed by atoms with E-state index >= 15 is 0 Å². The Hall–Kier alpha value is -1.46. The number of hydrogen-bond acceptors (Lipinski definition) is 3. The molecule has 0 bridgehead atoms. The second kappa shape index (κ2) is 5.93. The third-order valence-corrected chi connectivity index (χ3v) is 3.61. The van der Waals surface area contributed by atoms with E-state index in [0.29, 0.717) is 17.7 Å². The number of rotatable bonds is 3. The monoisotopic (exact) mass is 277 g/mol. The van der Waals surface area contributed by atoms with Gasteiger partial charge >= 0.3 is 12.4 Å². The second-order valence-electron chi connectivity index (χ2n) is 3.46. The topological polar surface area (TPSA) is 62.8 Å². The molecule has 1 rings (SSSR count). The Morgan fingerprint density at radius 3 is 2.61 bits per heavy atom. The van der Waals surface area contributed by atoms with Crippen LogP contribution in [0.3, 0.4) is 0 Å². The fraction of sp³-hybridized carbons (Fsp3) is 0.400. The van der Waals surface area contributed by atoms with Crippen molar-refractivity contribution < 1.29 is 17.3 Å². The lowest BCUT2D eigenvalue weighted by molar-refractivity contribution is -0.328. The third kappa shape index (κ3) is 4.09. The lowest BCUT2D eigenvalue weighted by Gasteiger charge is -2.07. The van der Waals surface area contributed by atoms with Crippen LogP contribution in [0.15, 0.2) is 18.3 Å². The smallest absolute Gasteiger partial charge is 0.461 e. The van der Waals surface area contributed by atoms with E-state index in [1.807, 2.05) is 0 Å². The van der Waals surface area contributed by atoms with Gasteiger partial charge in [-0.2, -0.15) is 17.3 Å². The molecule has 0 aliphatic heterocycles. The van der Waals surface area contributed by atoms with E-state index in [-0.39, 0.29) is 4.11 Å². The van der Waals surface area contributed by atoms with Crippen molar-refractivity contribution in [2.45, 2.75) is 12.6 Å². The molecule has 0 N–H and O–H groups in total. The molecule has 1 aromatic heterocycles. The van der Waals surface area contributed by atoms with Gasteiger partial charge in [0.2, 0.25) is 0 Å². The predicted octanol–water partition coefficient (Wildman–Crippen LogP) is 2.07. The molecule has 18 heavy (non-hydrogen) atoms. The van der Waals surface area contributed by atoms with E-state index in [0.717, 1.165) is 12.3 Å². The van der Waals surface area contributed by atoms with Gasteiger partial charge in [-0.1, -0.05) is 6.07 Å². The zero-order valence-corrected chi connectivity index (χ0v) is 10.3. The first-order chi connectivity index (χ1) is 8.34. The molecule has 0 aliphatic carbocycles. The highest BCUT2D eigenvalue weighted by molar-refractivity contribution is 7.84. The van der Waals surface area contributed by atoms with E-state index < -0.39 is 22.6 Å². The lowest BCUT2D eigenvalue weighted by Crippen LogP contribution is -2.10. The number of nitriles is 1. The highest BCUT2D eigenvalue weighted by Crippen LogP contribution is 2.27. The van der Waals surface area contributed by atoms with Crippen LogP contribution in [0, 0.1) is 16.7 Å². The maximum Gasteiger partial charge on any atom is 0.461 e. The van der Waals surface area contributed by atoms with Crippen molar-refractivity contribution in [3.05, 3.63) is 34.8 Å². The van der Waals surface area contributed by atoms with E-state index in [4.69, 9.17) is 5.26 Å². The molecule has 0 saturated carbocycles. The lowest BCUT2D eigenvalue weighted by atomic mass is 10.2. The summed E-state index contributed by atoms with van der Waals surface area (Å²) in [5.74, 6) is 0.407. The minimum absolute atomic E-state index is 0.289. The van der Waals surface area contributed by atoms with Crippen LogP contribution in [0.25, 0.3) is 0 Å². The van der Waals surface area contributed by atoms with Gasteiger partial charge in [0.15, 0.2) is 5.26 Å². The molecule has 4 nitrogen and oxygen atoms in total. The van der Waals surface area contributed by atoms with E-state index in [1.54, 1.807) is 6.26 Å². The van der Waals surface area contributed by atoms with Crippen LogP contribution >= 0.6 is 0 Å². The standard InChI is InChI=1S/C10H10F3N3OS/c1-18(16(17)7-14)5-4-8-2-3-9(15-6-8)10(11,12)13/h2-3,6H,4-5H2,1H3. The van der Waals surface area contributed by atoms with Crippen molar-refractivity contribution in [1.82, 2.24) is 4.98 Å². The summed E-state index contributed by atoms with van der Waals surface area (Å²) in [6, 6.07) is 2.23. The fourth-order valence-electron chi connectivity index (χ4n) is 1.16. The van der Waals surface area contributed by atoms with Gasteiger partial charge in [0.1, 0.15) is 5.69 Å². The maximum atomic E-state index is 12.2. The molecular formula is C10H10F3N3OS. The first-order valence-corrected chi connectivity index (χ1v) is 6.62. The van der Waals surface area contributed by atoms with Crippen LogP contribution in [-0.4, -0.2) is 21.1 Å². The van der Waals surface area contributed by atoms with Gasteiger partial charge in [-0.3, -0.25) is 4.98 Å². The Labute approximate surface area is 104 Å². The Balaban J connectivity index is 2.69. The maximum absolute atomic E-state index is 12.2. The molecule has 1 aromatic rings. The van der Waals surface area contributed by atoms with Gasteiger partial charge in [0, 0.05) is 18.2 Å². The molecule has 0 radical (unpaired) electrons. The number of aryl methyl sites for hydroxylation is 1. The third-order valence-electron chi connectivity index (χ3n) is 2.17. The van der Waals surface area contributed by atoms with Crippen LogP contribution < -0.4 is 0 Å². The number of alkyl halides is 3. The van der Waals surface area contributed by atoms with Crippen molar-refractivity contribution in [2.75, 3.05) is 12.0 Å². The highest BCUT2D eigenvalue weighted by atomic mass is 32.2. The second-order valence-corrected chi connectivity index (χ2v) is 5.40. The first kappa shape index (κ1) is 14.6. The molecule has 0 spiro atoms. The van der Waals surface area contributed by atoms with Gasteiger partial charge in [-0.05, 0) is 28.7 Å². The van der Waals surface area contributed by atoms with Crippen molar-refractivity contribution in [1.29, 1.82) is 5.26 Å². The molecule has 0 amide bonds. The summed E-state index contributed by atoms with van der Waals surface area (Å²) < 4.78 is 37.0. The molecule has 0 saturated heterocycles. The van der Waals surface area contributed by atoms with Crippen molar-refractivity contribution >= 4 is 10.7 Å². The molecule has 1 atom stereocenters. The van der Waals surface area contributed by atoms with Crippen LogP contribution in [-0.2, 0) is 23.3 Å². The zero-order chi connectivity index (χ0) is 13.8. The number of nitrogens with zero attached hydrogens (tertiary/aromatic N) is 3. The summed E-state index contributed by atoms with van der Waals surface area (Å²) in [5.41, 5.74) is -0.335. The van der Waals surface area contributed by atoms with Crippen LogP contribution in [0.2, 0.25) is 0 Å². The number of hydroxylamine groups is 1. The SMILES string of the molecule is CS(CCc1ccc(C(F)(F)F)nc1)=[N+]([O-])C#N. The summed E-state index contributed by atoms with van der Waals surface area (Å²) in [6.07, 6.45) is 0.165. The fourth-order valence-corrected chi connectivity index (χ4v) is 1.99. The van der Waals surface area contributed by atoms with Crippen LogP contribution in [0.5, 0.6) is 0 Å². The molecule has 1 unspecified atom stereocenters. The van der Waals surface area contributed by atoms with Gasteiger partial charge in [-0.15, -0.1) is 0 Å². The molecule has 0 fully saturated rings. The van der Waals surface area contributed by atoms with Crippen LogP contribution in [0.4, 0.5) is 13.2 Å². The Morgan fingerprint density at radius 1 is 1.50 bits per heavy atom. The first-order valence-electron chi connectivity index (χ1n) is 4.86. The minimum Gasteiger partial charge on any atom is -0.634 e. The Morgan fingerprint density at radius 2 is 2.17 bits per heavy atom. The average molecular weight is 277 g/mol. The van der Waals surface area contributed by atoms with E-state index in [9.17, 15) is 18.4 Å². The van der Waals surface area contributed by atoms with E-state index in [1.165, 1.54) is 12.3 Å². The van der Waals surface area contributed by atoms with Gasteiger partial charge in [0.05, 0.1) is 0 Å². The summed E-state index contributed by atoms with van der Waals surface area (Å²) in [5, 5.41) is 19.3. The zero-order valence-electron chi connectivity index (χ0n) is 9.44. The highest BCUT2D eigenvalue weighted by Gasteiger charge is 2.31. The molecular weight excluding hydrogens is 267 g/mol. The number of aromatic nitrogens is 1.